The van der Waals surface area contributed by atoms with Crippen LogP contribution in [0.5, 0.6) is 0 Å². The summed E-state index contributed by atoms with van der Waals surface area (Å²) in [5.41, 5.74) is -0.713. The highest BCUT2D eigenvalue weighted by atomic mass is 17.2. The average Bonchev–Trinajstić information content (AvgIpc) is 2.87. The second-order valence-electron chi connectivity index (χ2n) is 8.96. The molecule has 1 aliphatic heterocycles. The molecule has 1 aromatic carbocycles. The molecule has 6 nitrogen and oxygen atoms in total. The largest absolute Gasteiger partial charge is 0.307 e. The first kappa shape index (κ1) is 21.8. The third-order valence-electron chi connectivity index (χ3n) is 4.04. The van der Waals surface area contributed by atoms with Crippen molar-refractivity contribution in [3.63, 3.8) is 0 Å². The Morgan fingerprint density at radius 3 is 2.22 bits per heavy atom. The van der Waals surface area contributed by atoms with Crippen LogP contribution in [0.3, 0.4) is 0 Å². The number of benzene rings is 1. The van der Waals surface area contributed by atoms with Gasteiger partial charge in [-0.3, -0.25) is 4.79 Å². The average molecular weight is 379 g/mol. The van der Waals surface area contributed by atoms with E-state index in [1.165, 1.54) is 0 Å². The van der Waals surface area contributed by atoms with Gasteiger partial charge in [-0.25, -0.2) is 19.6 Å². The van der Waals surface area contributed by atoms with Crippen molar-refractivity contribution in [2.75, 3.05) is 6.61 Å². The lowest BCUT2D eigenvalue weighted by molar-refractivity contribution is -0.433. The summed E-state index contributed by atoms with van der Waals surface area (Å²) in [6, 6.07) is 9.88. The lowest BCUT2D eigenvalue weighted by Crippen LogP contribution is -2.49. The van der Waals surface area contributed by atoms with Gasteiger partial charge in [0, 0.05) is 25.8 Å². The monoisotopic (exact) mass is 379 g/mol. The van der Waals surface area contributed by atoms with Gasteiger partial charge >= 0.3 is 0 Å². The summed E-state index contributed by atoms with van der Waals surface area (Å²) in [6.07, 6.45) is 1.42. The first-order chi connectivity index (χ1) is 12.5. The molecule has 1 saturated heterocycles. The van der Waals surface area contributed by atoms with Gasteiger partial charge in [0.25, 0.3) is 0 Å². The quantitative estimate of drug-likeness (QED) is 0.381. The van der Waals surface area contributed by atoms with Crippen LogP contribution in [-0.4, -0.2) is 34.3 Å². The van der Waals surface area contributed by atoms with Crippen molar-refractivity contribution in [3.8, 4) is 0 Å². The first-order valence-electron chi connectivity index (χ1n) is 9.53. The Balaban J connectivity index is 2.14. The van der Waals surface area contributed by atoms with Crippen LogP contribution in [0.1, 0.15) is 66.4 Å². The normalized spacial score (nSPS) is 21.1. The highest BCUT2D eigenvalue weighted by Crippen LogP contribution is 2.37. The number of hydrogen-bond acceptors (Lipinski definition) is 5. The zero-order valence-corrected chi connectivity index (χ0v) is 17.4. The predicted octanol–water partition coefficient (Wildman–Crippen LogP) is 4.39. The Bertz CT molecular complexity index is 605. The summed E-state index contributed by atoms with van der Waals surface area (Å²) < 4.78 is 0. The summed E-state index contributed by atoms with van der Waals surface area (Å²) in [5.74, 6) is 0.0492. The molecule has 1 atom stereocenters. The Kier molecular flexibility index (Phi) is 7.03. The number of hydrogen-bond donors (Lipinski definition) is 0. The Morgan fingerprint density at radius 2 is 1.63 bits per heavy atom. The van der Waals surface area contributed by atoms with Crippen molar-refractivity contribution in [2.45, 2.75) is 84.3 Å². The van der Waals surface area contributed by atoms with Crippen molar-refractivity contribution >= 4 is 5.91 Å². The van der Waals surface area contributed by atoms with E-state index in [9.17, 15) is 4.79 Å². The molecule has 1 heterocycles. The molecular weight excluding hydrogens is 346 g/mol. The van der Waals surface area contributed by atoms with Gasteiger partial charge in [-0.2, -0.15) is 0 Å². The van der Waals surface area contributed by atoms with Crippen molar-refractivity contribution in [1.82, 2.24) is 4.90 Å². The van der Waals surface area contributed by atoms with Gasteiger partial charge in [0.15, 0.2) is 5.72 Å². The van der Waals surface area contributed by atoms with Gasteiger partial charge in [0.05, 0.1) is 17.8 Å². The van der Waals surface area contributed by atoms with Crippen LogP contribution in [-0.2, 0) is 30.9 Å². The second kappa shape index (κ2) is 8.69. The highest BCUT2D eigenvalue weighted by Gasteiger charge is 2.48. The Hall–Kier alpha value is -1.47. The number of carbonyl (C=O) groups excluding carboxylic acids is 1. The van der Waals surface area contributed by atoms with Gasteiger partial charge in [-0.1, -0.05) is 30.3 Å². The maximum atomic E-state index is 12.6. The molecule has 2 rings (SSSR count). The summed E-state index contributed by atoms with van der Waals surface area (Å²) in [4.78, 5) is 36.7. The fraction of sp³-hybridized carbons (Fsp3) is 0.667. The molecule has 1 amide bonds. The fourth-order valence-corrected chi connectivity index (χ4v) is 2.81. The maximum Gasteiger partial charge on any atom is 0.225 e. The van der Waals surface area contributed by atoms with Crippen LogP contribution in [0.2, 0.25) is 0 Å². The molecule has 27 heavy (non-hydrogen) atoms. The molecule has 0 N–H and O–H groups in total. The van der Waals surface area contributed by atoms with E-state index in [2.05, 4.69) is 0 Å². The number of nitrogens with zero attached hydrogens (tertiary/aromatic N) is 1. The minimum atomic E-state index is -0.874. The van der Waals surface area contributed by atoms with E-state index >= 15 is 0 Å². The van der Waals surface area contributed by atoms with Gasteiger partial charge in [0.2, 0.25) is 5.91 Å². The molecule has 1 fully saturated rings. The first-order valence-corrected chi connectivity index (χ1v) is 9.53. The van der Waals surface area contributed by atoms with Crippen LogP contribution in [0.4, 0.5) is 0 Å². The molecule has 1 aromatic rings. The molecule has 1 unspecified atom stereocenters. The standard InChI is InChI=1S/C21H33NO5/c1-19(2,3)25-24-15-14-21(27-26-20(4,5)6)13-12-18(23)22(21)16-17-10-8-7-9-11-17/h7-11H,12-16H2,1-6H3. The van der Waals surface area contributed by atoms with Crippen molar-refractivity contribution in [3.05, 3.63) is 35.9 Å². The van der Waals surface area contributed by atoms with E-state index in [4.69, 9.17) is 19.6 Å². The summed E-state index contributed by atoms with van der Waals surface area (Å²) in [7, 11) is 0. The third kappa shape index (κ3) is 6.88. The van der Waals surface area contributed by atoms with E-state index in [1.807, 2.05) is 71.9 Å². The zero-order chi connectivity index (χ0) is 20.1. The van der Waals surface area contributed by atoms with E-state index in [0.717, 1.165) is 5.56 Å². The van der Waals surface area contributed by atoms with Gasteiger partial charge in [-0.05, 0) is 47.1 Å². The van der Waals surface area contributed by atoms with Gasteiger partial charge in [0.1, 0.15) is 0 Å². The molecule has 0 aromatic heterocycles. The number of likely N-dealkylation sites (tertiary alicyclic amines) is 1. The van der Waals surface area contributed by atoms with Crippen LogP contribution < -0.4 is 0 Å². The smallest absolute Gasteiger partial charge is 0.225 e. The van der Waals surface area contributed by atoms with Crippen LogP contribution in [0, 0.1) is 0 Å². The number of carbonyl (C=O) groups is 1. The van der Waals surface area contributed by atoms with Crippen LogP contribution in [0.25, 0.3) is 0 Å². The van der Waals surface area contributed by atoms with Crippen molar-refractivity contribution in [1.29, 1.82) is 0 Å². The van der Waals surface area contributed by atoms with Crippen LogP contribution in [0.15, 0.2) is 30.3 Å². The lowest BCUT2D eigenvalue weighted by atomic mass is 10.1. The second-order valence-corrected chi connectivity index (χ2v) is 8.96. The summed E-state index contributed by atoms with van der Waals surface area (Å²) >= 11 is 0. The highest BCUT2D eigenvalue weighted by molar-refractivity contribution is 5.79. The molecule has 6 heteroatoms. The molecule has 0 saturated carbocycles. The lowest BCUT2D eigenvalue weighted by Gasteiger charge is -2.38. The Labute approximate surface area is 162 Å². The predicted molar refractivity (Wildman–Crippen MR) is 102 cm³/mol. The molecule has 0 radical (unpaired) electrons. The molecular formula is C21H33NO5. The minimum absolute atomic E-state index is 0.0492. The minimum Gasteiger partial charge on any atom is -0.307 e. The number of rotatable bonds is 8. The van der Waals surface area contributed by atoms with Gasteiger partial charge in [-0.15, -0.1) is 0 Å². The molecule has 0 spiro atoms. The Morgan fingerprint density at radius 1 is 1.00 bits per heavy atom. The summed E-state index contributed by atoms with van der Waals surface area (Å²) in [6.45, 7) is 12.3. The van der Waals surface area contributed by atoms with E-state index in [-0.39, 0.29) is 5.91 Å². The molecule has 1 aliphatic rings. The molecule has 0 bridgehead atoms. The maximum absolute atomic E-state index is 12.6. The third-order valence-corrected chi connectivity index (χ3v) is 4.04. The SMILES string of the molecule is CC(C)(C)OOCCC1(OOC(C)(C)C)CCC(=O)N1Cc1ccccc1. The van der Waals surface area contributed by atoms with Crippen molar-refractivity contribution in [2.24, 2.45) is 0 Å². The fourth-order valence-electron chi connectivity index (χ4n) is 2.81. The van der Waals surface area contributed by atoms with Crippen LogP contribution >= 0.6 is 0 Å². The molecule has 0 aliphatic carbocycles. The molecule has 152 valence electrons. The zero-order valence-electron chi connectivity index (χ0n) is 17.4. The van der Waals surface area contributed by atoms with Crippen molar-refractivity contribution < 1.29 is 24.3 Å². The summed E-state index contributed by atoms with van der Waals surface area (Å²) in [5, 5.41) is 0. The van der Waals surface area contributed by atoms with Gasteiger partial charge < -0.3 is 4.90 Å². The van der Waals surface area contributed by atoms with E-state index in [1.54, 1.807) is 4.90 Å². The van der Waals surface area contributed by atoms with E-state index in [0.29, 0.717) is 32.4 Å². The number of amides is 1. The van der Waals surface area contributed by atoms with E-state index < -0.39 is 16.9 Å². The topological polar surface area (TPSA) is 57.2 Å².